The number of benzene rings is 1. The molecular weight excluding hydrogens is 396 g/mol. The van der Waals surface area contributed by atoms with Gasteiger partial charge >= 0.3 is 10.1 Å². The van der Waals surface area contributed by atoms with Crippen molar-refractivity contribution >= 4 is 68.0 Å². The summed E-state index contributed by atoms with van der Waals surface area (Å²) in [7, 11) is -4.21. The first-order chi connectivity index (χ1) is 10.3. The van der Waals surface area contributed by atoms with E-state index in [1.807, 2.05) is 0 Å². The second-order valence-corrected chi connectivity index (χ2v) is 6.91. The first-order valence-electron chi connectivity index (χ1n) is 5.48. The molecule has 0 saturated heterocycles. The van der Waals surface area contributed by atoms with Crippen LogP contribution in [0.5, 0.6) is 0 Å². The summed E-state index contributed by atoms with van der Waals surface area (Å²) < 4.78 is 28.3. The fourth-order valence-electron chi connectivity index (χ4n) is 1.40. The summed E-state index contributed by atoms with van der Waals surface area (Å²) in [5.74, 6) is -0.899. The Labute approximate surface area is 145 Å². The maximum Gasteiger partial charge on any atom is 0.358 e. The number of rotatable bonds is 3. The molecule has 1 aromatic carbocycles. The van der Waals surface area contributed by atoms with E-state index in [0.29, 0.717) is 0 Å². The van der Waals surface area contributed by atoms with Crippen LogP contribution in [0.3, 0.4) is 0 Å². The Morgan fingerprint density at radius 1 is 0.864 bits per heavy atom. The van der Waals surface area contributed by atoms with Crippen LogP contribution in [0, 0.1) is 0 Å². The molecule has 5 nitrogen and oxygen atoms in total. The van der Waals surface area contributed by atoms with Crippen LogP contribution in [0.25, 0.3) is 0 Å². The van der Waals surface area contributed by atoms with Gasteiger partial charge in [0.1, 0.15) is 9.93 Å². The smallest absolute Gasteiger partial charge is 0.286 e. The molecule has 0 spiro atoms. The highest BCUT2D eigenvalue weighted by atomic mass is 35.5. The Morgan fingerprint density at radius 2 is 1.41 bits per heavy atom. The average Bonchev–Trinajstić information content (AvgIpc) is 2.52. The number of hydrogen-bond acceptors (Lipinski definition) is 5. The molecule has 1 aliphatic rings. The van der Waals surface area contributed by atoms with Crippen molar-refractivity contribution in [2.75, 3.05) is 0 Å². The first kappa shape index (κ1) is 17.3. The summed E-state index contributed by atoms with van der Waals surface area (Å²) in [6.45, 7) is 0. The van der Waals surface area contributed by atoms with Crippen molar-refractivity contribution in [1.29, 1.82) is 0 Å². The van der Waals surface area contributed by atoms with Crippen LogP contribution in [0.4, 0.5) is 0 Å². The van der Waals surface area contributed by atoms with Gasteiger partial charge in [-0.25, -0.2) is 0 Å². The predicted octanol–water partition coefficient (Wildman–Crippen LogP) is 3.71. The molecule has 0 aliphatic heterocycles. The molecule has 2 rings (SSSR count). The van der Waals surface area contributed by atoms with Gasteiger partial charge in [0.15, 0.2) is 5.71 Å². The highest BCUT2D eigenvalue weighted by molar-refractivity contribution is 7.86. The van der Waals surface area contributed by atoms with Gasteiger partial charge in [0.2, 0.25) is 5.78 Å². The second kappa shape index (κ2) is 6.60. The lowest BCUT2D eigenvalue weighted by molar-refractivity contribution is -0.109. The van der Waals surface area contributed by atoms with Crippen molar-refractivity contribution in [3.8, 4) is 0 Å². The number of ketones is 1. The Morgan fingerprint density at radius 3 is 2.00 bits per heavy atom. The Hall–Kier alpha value is -1.05. The standard InChI is InChI=1S/C12H5Cl4NO4S/c13-7-8(14)10(16)12(18)11(9(7)15)17-21-22(19,20)6-4-2-1-3-5-6/h1-5H. The first-order valence-corrected chi connectivity index (χ1v) is 8.40. The minimum Gasteiger partial charge on any atom is -0.286 e. The normalized spacial score (nSPS) is 18.2. The van der Waals surface area contributed by atoms with Crippen molar-refractivity contribution in [1.82, 2.24) is 0 Å². The van der Waals surface area contributed by atoms with Crippen LogP contribution in [0.1, 0.15) is 0 Å². The number of oxime groups is 1. The maximum absolute atomic E-state index is 11.9. The zero-order valence-electron chi connectivity index (χ0n) is 10.4. The third-order valence-electron chi connectivity index (χ3n) is 2.46. The summed E-state index contributed by atoms with van der Waals surface area (Å²) >= 11 is 23.0. The lowest BCUT2D eigenvalue weighted by Gasteiger charge is -2.12. The second-order valence-electron chi connectivity index (χ2n) is 3.87. The van der Waals surface area contributed by atoms with Gasteiger partial charge in [0.05, 0.1) is 15.1 Å². The largest absolute Gasteiger partial charge is 0.358 e. The molecule has 10 heteroatoms. The van der Waals surface area contributed by atoms with Crippen molar-refractivity contribution in [3.05, 3.63) is 50.5 Å². The minimum absolute atomic E-state index is 0.145. The molecule has 0 radical (unpaired) electrons. The fourth-order valence-corrected chi connectivity index (χ4v) is 3.01. The van der Waals surface area contributed by atoms with Crippen molar-refractivity contribution in [2.24, 2.45) is 5.16 Å². The third-order valence-corrected chi connectivity index (χ3v) is 5.35. The topological polar surface area (TPSA) is 72.8 Å². The molecule has 0 fully saturated rings. The fraction of sp³-hybridized carbons (Fsp3) is 0. The predicted molar refractivity (Wildman–Crippen MR) is 84.6 cm³/mol. The van der Waals surface area contributed by atoms with E-state index in [-0.39, 0.29) is 20.0 Å². The zero-order valence-corrected chi connectivity index (χ0v) is 14.2. The van der Waals surface area contributed by atoms with Gasteiger partial charge in [-0.3, -0.25) is 9.08 Å². The molecule has 0 bridgehead atoms. The molecule has 0 saturated carbocycles. The number of nitrogens with zero attached hydrogens (tertiary/aromatic N) is 1. The molecular formula is C12H5Cl4NO4S. The number of carbonyl (C=O) groups is 1. The van der Waals surface area contributed by atoms with Gasteiger partial charge in [0, 0.05) is 0 Å². The summed E-state index contributed by atoms with van der Waals surface area (Å²) in [6, 6.07) is 7.22. The van der Waals surface area contributed by atoms with Gasteiger partial charge in [-0.15, -0.1) is 0 Å². The highest BCUT2D eigenvalue weighted by Gasteiger charge is 2.32. The molecule has 0 amide bonds. The molecule has 1 aliphatic carbocycles. The number of Topliss-reactive ketones (excluding diaryl/α,β-unsaturated/α-hetero) is 1. The van der Waals surface area contributed by atoms with Gasteiger partial charge in [-0.2, -0.15) is 8.42 Å². The van der Waals surface area contributed by atoms with E-state index in [4.69, 9.17) is 46.4 Å². The molecule has 22 heavy (non-hydrogen) atoms. The van der Waals surface area contributed by atoms with E-state index in [1.54, 1.807) is 6.07 Å². The number of carbonyl (C=O) groups excluding carboxylic acids is 1. The van der Waals surface area contributed by atoms with Gasteiger partial charge in [0.25, 0.3) is 0 Å². The molecule has 0 atom stereocenters. The maximum atomic E-state index is 11.9. The summed E-state index contributed by atoms with van der Waals surface area (Å²) in [5, 5.41) is 1.99. The van der Waals surface area contributed by atoms with Crippen LogP contribution in [0.15, 0.2) is 60.5 Å². The molecule has 0 unspecified atom stereocenters. The number of allylic oxidation sites excluding steroid dienone is 4. The van der Waals surface area contributed by atoms with E-state index in [0.717, 1.165) is 0 Å². The third kappa shape index (κ3) is 3.31. The van der Waals surface area contributed by atoms with Crippen molar-refractivity contribution in [3.63, 3.8) is 0 Å². The van der Waals surface area contributed by atoms with Crippen LogP contribution in [-0.2, 0) is 19.2 Å². The molecule has 0 aromatic heterocycles. The highest BCUT2D eigenvalue weighted by Crippen LogP contribution is 2.35. The molecule has 0 heterocycles. The van der Waals surface area contributed by atoms with E-state index in [2.05, 4.69) is 9.44 Å². The Bertz CT molecular complexity index is 828. The molecule has 116 valence electrons. The van der Waals surface area contributed by atoms with Crippen LogP contribution in [-0.4, -0.2) is 19.9 Å². The van der Waals surface area contributed by atoms with Gasteiger partial charge < -0.3 is 0 Å². The Kier molecular flexibility index (Phi) is 5.19. The quantitative estimate of drug-likeness (QED) is 0.572. The van der Waals surface area contributed by atoms with Crippen molar-refractivity contribution in [2.45, 2.75) is 4.90 Å². The van der Waals surface area contributed by atoms with E-state index in [9.17, 15) is 13.2 Å². The van der Waals surface area contributed by atoms with Crippen LogP contribution < -0.4 is 0 Å². The SMILES string of the molecule is O=C1C(=NOS(=O)(=O)c2ccccc2)C(Cl)=C(Cl)C(Cl)=C1Cl. The van der Waals surface area contributed by atoms with Crippen molar-refractivity contribution < 1.29 is 17.5 Å². The monoisotopic (exact) mass is 399 g/mol. The zero-order chi connectivity index (χ0) is 16.5. The lowest BCUT2D eigenvalue weighted by atomic mass is 10.1. The van der Waals surface area contributed by atoms with E-state index >= 15 is 0 Å². The van der Waals surface area contributed by atoms with E-state index in [1.165, 1.54) is 24.3 Å². The minimum atomic E-state index is -4.21. The van der Waals surface area contributed by atoms with Crippen LogP contribution in [0.2, 0.25) is 0 Å². The van der Waals surface area contributed by atoms with Gasteiger partial charge in [-0.05, 0) is 12.1 Å². The van der Waals surface area contributed by atoms with Crippen LogP contribution >= 0.6 is 46.4 Å². The Balaban J connectivity index is 2.38. The molecule has 0 N–H and O–H groups in total. The lowest BCUT2D eigenvalue weighted by Crippen LogP contribution is -2.21. The number of hydrogen-bond donors (Lipinski definition) is 0. The summed E-state index contributed by atoms with van der Waals surface area (Å²) in [4.78, 5) is 11.7. The summed E-state index contributed by atoms with van der Waals surface area (Å²) in [6.07, 6.45) is 0. The average molecular weight is 401 g/mol. The van der Waals surface area contributed by atoms with E-state index < -0.39 is 26.6 Å². The summed E-state index contributed by atoms with van der Waals surface area (Å²) in [5.41, 5.74) is -0.555. The van der Waals surface area contributed by atoms with Gasteiger partial charge in [-0.1, -0.05) is 69.8 Å². The molecule has 1 aromatic rings. The number of halogens is 4.